The molecule has 5 aliphatic rings. The lowest BCUT2D eigenvalue weighted by molar-refractivity contribution is -0.217. The van der Waals surface area contributed by atoms with Gasteiger partial charge in [0.1, 0.15) is 23.9 Å². The normalized spacial score (nSPS) is 30.9. The van der Waals surface area contributed by atoms with Gasteiger partial charge in [-0.2, -0.15) is 0 Å². The summed E-state index contributed by atoms with van der Waals surface area (Å²) in [5.41, 5.74) is 0.286. The van der Waals surface area contributed by atoms with Crippen LogP contribution in [0.15, 0.2) is 59.7 Å². The number of aliphatic hydroxyl groups is 1. The maximum absolute atomic E-state index is 13.9. The number of carbonyl (C=O) groups is 6. The van der Waals surface area contributed by atoms with Crippen LogP contribution in [0.3, 0.4) is 0 Å². The lowest BCUT2D eigenvalue weighted by atomic mass is 9.82. The van der Waals surface area contributed by atoms with Gasteiger partial charge in [0.05, 0.1) is 50.5 Å². The maximum Gasteiger partial charge on any atom is 0.408 e. The standard InChI is InChI=1S/C49H69N3O14/c1-29-21-36-22-30(2)43(29)62-27-33-15-13-16-34(23-33)37(51-45(57)35-17-14-20-61-28-35)18-11-9-10-12-19-49(46(58)60-8)25-41(64-32(4)54)42(52-47(59)66-48(5,6)7)40(65-49)24-39(63-31(3)53)38(55)26-50-44(36)56/h10,12-13,15-16,21-23,29,35,37-43,55H,9,11,14,17-20,24-28H2,1-8H3,(H,50,56)(H,51,57)(H,52,59)/b12-10+/t29?,35?,37?,38-,39+,40?,41+,42?,43?,49?/m1/s1. The van der Waals surface area contributed by atoms with Crippen molar-refractivity contribution in [3.8, 4) is 0 Å². The van der Waals surface area contributed by atoms with Gasteiger partial charge < -0.3 is 54.2 Å². The number of fused-ring (bicyclic) bond motifs is 12. The van der Waals surface area contributed by atoms with Gasteiger partial charge in [0.2, 0.25) is 5.91 Å². The highest BCUT2D eigenvalue weighted by molar-refractivity contribution is 5.96. The van der Waals surface area contributed by atoms with Crippen molar-refractivity contribution >= 4 is 35.8 Å². The molecular weight excluding hydrogens is 855 g/mol. The number of hydrogen-bond donors (Lipinski definition) is 4. The smallest absolute Gasteiger partial charge is 0.408 e. The van der Waals surface area contributed by atoms with E-state index in [0.29, 0.717) is 38.0 Å². The molecule has 2 saturated heterocycles. The van der Waals surface area contributed by atoms with Crippen molar-refractivity contribution in [2.75, 3.05) is 26.9 Å². The first-order chi connectivity index (χ1) is 31.3. The molecular formula is C49H69N3O14. The Bertz CT molecular complexity index is 1990. The number of esters is 3. The minimum absolute atomic E-state index is 0.0602. The van der Waals surface area contributed by atoms with Crippen molar-refractivity contribution in [2.45, 2.75) is 160 Å². The molecule has 6 rings (SSSR count). The number of aliphatic hydroxyl groups excluding tert-OH is 1. The average molecular weight is 924 g/mol. The molecule has 10 atom stereocenters. The van der Waals surface area contributed by atoms with Gasteiger partial charge in [-0.1, -0.05) is 49.4 Å². The monoisotopic (exact) mass is 923 g/mol. The van der Waals surface area contributed by atoms with Crippen molar-refractivity contribution in [2.24, 2.45) is 11.8 Å². The fourth-order valence-electron chi connectivity index (χ4n) is 9.01. The van der Waals surface area contributed by atoms with Crippen LogP contribution in [-0.4, -0.2) is 116 Å². The summed E-state index contributed by atoms with van der Waals surface area (Å²) < 4.78 is 41.0. The van der Waals surface area contributed by atoms with Gasteiger partial charge in [-0.25, -0.2) is 9.59 Å². The summed E-state index contributed by atoms with van der Waals surface area (Å²) in [7, 11) is 1.20. The van der Waals surface area contributed by atoms with Crippen LogP contribution >= 0.6 is 0 Å². The number of amides is 3. The van der Waals surface area contributed by atoms with Crippen LogP contribution in [0.4, 0.5) is 4.79 Å². The Kier molecular flexibility index (Phi) is 18.5. The highest BCUT2D eigenvalue weighted by Crippen LogP contribution is 2.38. The zero-order valence-electron chi connectivity index (χ0n) is 39.6. The highest BCUT2D eigenvalue weighted by atomic mass is 16.6. The first kappa shape index (κ1) is 51.9. The Balaban J connectivity index is 1.53. The van der Waals surface area contributed by atoms with E-state index in [1.54, 1.807) is 39.0 Å². The van der Waals surface area contributed by atoms with Crippen LogP contribution in [-0.2, 0) is 63.7 Å². The number of ether oxygens (including phenoxy) is 7. The SMILES string of the molecule is COC(=O)C12C/C=C/CCCC(NC(=O)C3CCCOC3)c3cccc(c3)COC3C(C)=CC(=CC3C)C(=O)NC[C@@H](O)[C@@H](OC(C)=O)CC(O1)C(NC(=O)OC(C)(C)C)[C@@H](OC(C)=O)C2. The van der Waals surface area contributed by atoms with Gasteiger partial charge in [0.25, 0.3) is 5.91 Å². The summed E-state index contributed by atoms with van der Waals surface area (Å²) in [6.07, 6.45) is 3.29. The Morgan fingerprint density at radius 3 is 2.39 bits per heavy atom. The van der Waals surface area contributed by atoms with E-state index in [2.05, 4.69) is 16.0 Å². The number of rotatable bonds is 6. The molecule has 1 aromatic carbocycles. The van der Waals surface area contributed by atoms with Gasteiger partial charge in [0.15, 0.2) is 5.60 Å². The van der Waals surface area contributed by atoms with Gasteiger partial charge in [-0.3, -0.25) is 19.2 Å². The molecule has 0 saturated carbocycles. The van der Waals surface area contributed by atoms with Crippen LogP contribution in [0.2, 0.25) is 0 Å². The second-order valence-electron chi connectivity index (χ2n) is 18.8. The molecule has 3 amide bonds. The van der Waals surface area contributed by atoms with Crippen LogP contribution in [0.1, 0.15) is 117 Å². The molecule has 1 aromatic rings. The molecule has 4 heterocycles. The second-order valence-corrected chi connectivity index (χ2v) is 18.8. The van der Waals surface area contributed by atoms with Gasteiger partial charge >= 0.3 is 24.0 Å². The molecule has 0 spiro atoms. The van der Waals surface area contributed by atoms with Gasteiger partial charge in [-0.05, 0) is 82.6 Å². The topological polar surface area (TPSA) is 223 Å². The first-order valence-corrected chi connectivity index (χ1v) is 23.0. The number of alkyl carbamates (subject to hydrolysis) is 1. The van der Waals surface area contributed by atoms with Crippen molar-refractivity contribution in [3.63, 3.8) is 0 Å². The Hall–Kier alpha value is -5.10. The van der Waals surface area contributed by atoms with E-state index in [0.717, 1.165) is 36.5 Å². The lowest BCUT2D eigenvalue weighted by Gasteiger charge is -2.47. The molecule has 6 bridgehead atoms. The Labute approximate surface area is 387 Å². The highest BCUT2D eigenvalue weighted by Gasteiger charge is 2.54. The summed E-state index contributed by atoms with van der Waals surface area (Å²) in [5, 5.41) is 20.4. The van der Waals surface area contributed by atoms with E-state index >= 15 is 0 Å². The molecule has 2 fully saturated rings. The fraction of sp³-hybridized carbons (Fsp3) is 0.633. The third kappa shape index (κ3) is 14.7. The molecule has 0 radical (unpaired) electrons. The van der Waals surface area contributed by atoms with Gasteiger partial charge in [-0.15, -0.1) is 0 Å². The molecule has 364 valence electrons. The van der Waals surface area contributed by atoms with Crippen LogP contribution in [0, 0.1) is 11.8 Å². The zero-order chi connectivity index (χ0) is 48.2. The van der Waals surface area contributed by atoms with E-state index in [1.165, 1.54) is 14.0 Å². The van der Waals surface area contributed by atoms with Crippen LogP contribution < -0.4 is 16.0 Å². The average Bonchev–Trinajstić information content (AvgIpc) is 3.25. The summed E-state index contributed by atoms with van der Waals surface area (Å²) in [5.74, 6) is -3.28. The van der Waals surface area contributed by atoms with Crippen LogP contribution in [0.5, 0.6) is 0 Å². The summed E-state index contributed by atoms with van der Waals surface area (Å²) in [6, 6.07) is 6.43. The summed E-state index contributed by atoms with van der Waals surface area (Å²) in [6.45, 7) is 12.1. The second kappa shape index (κ2) is 23.6. The number of benzene rings is 1. The lowest BCUT2D eigenvalue weighted by Crippen LogP contribution is -2.65. The molecule has 0 aromatic heterocycles. The number of nitrogens with one attached hydrogen (secondary N) is 3. The molecule has 1 aliphatic carbocycles. The fourth-order valence-corrected chi connectivity index (χ4v) is 9.01. The zero-order valence-corrected chi connectivity index (χ0v) is 39.6. The molecule has 66 heavy (non-hydrogen) atoms. The molecule has 4 N–H and O–H groups in total. The van der Waals surface area contributed by atoms with E-state index in [4.69, 9.17) is 33.2 Å². The van der Waals surface area contributed by atoms with E-state index in [1.807, 2.05) is 44.2 Å². The number of hydrogen-bond acceptors (Lipinski definition) is 14. The van der Waals surface area contributed by atoms with E-state index in [-0.39, 0.29) is 62.3 Å². The first-order valence-electron chi connectivity index (χ1n) is 23.0. The van der Waals surface area contributed by atoms with Crippen molar-refractivity contribution < 1.29 is 67.0 Å². The van der Waals surface area contributed by atoms with Crippen molar-refractivity contribution in [1.29, 1.82) is 0 Å². The molecule has 17 nitrogen and oxygen atoms in total. The number of carbonyl (C=O) groups excluding carboxylic acids is 6. The van der Waals surface area contributed by atoms with Crippen molar-refractivity contribution in [3.05, 3.63) is 70.8 Å². The maximum atomic E-state index is 13.9. The third-order valence-electron chi connectivity index (χ3n) is 12.1. The minimum Gasteiger partial charge on any atom is -0.467 e. The minimum atomic E-state index is -1.79. The summed E-state index contributed by atoms with van der Waals surface area (Å²) in [4.78, 5) is 79.7. The number of allylic oxidation sites excluding steroid dienone is 1. The van der Waals surface area contributed by atoms with E-state index in [9.17, 15) is 33.9 Å². The molecule has 17 heteroatoms. The predicted molar refractivity (Wildman–Crippen MR) is 240 cm³/mol. The largest absolute Gasteiger partial charge is 0.467 e. The Morgan fingerprint density at radius 1 is 0.985 bits per heavy atom. The third-order valence-corrected chi connectivity index (χ3v) is 12.1. The predicted octanol–water partition coefficient (Wildman–Crippen LogP) is 5.13. The molecule has 4 aliphatic heterocycles. The quantitative estimate of drug-likeness (QED) is 0.165. The van der Waals surface area contributed by atoms with Gasteiger partial charge in [0, 0.05) is 57.8 Å². The van der Waals surface area contributed by atoms with Crippen LogP contribution in [0.25, 0.3) is 0 Å². The van der Waals surface area contributed by atoms with Crippen molar-refractivity contribution in [1.82, 2.24) is 16.0 Å². The Morgan fingerprint density at radius 2 is 1.73 bits per heavy atom. The molecule has 7 unspecified atom stereocenters. The summed E-state index contributed by atoms with van der Waals surface area (Å²) >= 11 is 0. The number of methoxy groups -OCH3 is 1. The van der Waals surface area contributed by atoms with E-state index < -0.39 is 71.6 Å².